The fourth-order valence-corrected chi connectivity index (χ4v) is 3.73. The van der Waals surface area contributed by atoms with Crippen molar-refractivity contribution >= 4 is 0 Å². The van der Waals surface area contributed by atoms with Gasteiger partial charge in [-0.2, -0.15) is 5.21 Å². The number of aromatic amines is 1. The van der Waals surface area contributed by atoms with E-state index in [2.05, 4.69) is 65.4 Å². The first-order chi connectivity index (χ1) is 10.8. The van der Waals surface area contributed by atoms with Crippen LogP contribution >= 0.6 is 0 Å². The Morgan fingerprint density at radius 1 is 1.30 bits per heavy atom. The van der Waals surface area contributed by atoms with Gasteiger partial charge >= 0.3 is 0 Å². The molecule has 6 nitrogen and oxygen atoms in total. The van der Waals surface area contributed by atoms with Crippen molar-refractivity contribution in [2.75, 3.05) is 13.1 Å². The molecule has 1 saturated heterocycles. The summed E-state index contributed by atoms with van der Waals surface area (Å²) in [7, 11) is 0. The predicted molar refractivity (Wildman–Crippen MR) is 88.8 cm³/mol. The van der Waals surface area contributed by atoms with E-state index >= 15 is 0 Å². The largest absolute Gasteiger partial charge is 0.392 e. The van der Waals surface area contributed by atoms with Gasteiger partial charge in [-0.15, -0.1) is 10.2 Å². The number of likely N-dealkylation sites (tertiary alicyclic amines) is 1. The van der Waals surface area contributed by atoms with Gasteiger partial charge in [0.05, 0.1) is 6.10 Å². The monoisotopic (exact) mass is 315 g/mol. The molecule has 124 valence electrons. The van der Waals surface area contributed by atoms with Gasteiger partial charge in [-0.3, -0.25) is 4.90 Å². The Kier molecular flexibility index (Phi) is 4.21. The van der Waals surface area contributed by atoms with Crippen molar-refractivity contribution in [1.82, 2.24) is 25.5 Å². The Labute approximate surface area is 136 Å². The Balaban J connectivity index is 1.83. The maximum absolute atomic E-state index is 10.1. The lowest BCUT2D eigenvalue weighted by molar-refractivity contribution is 0.00259. The first-order valence-electron chi connectivity index (χ1n) is 8.08. The molecular weight excluding hydrogens is 290 g/mol. The van der Waals surface area contributed by atoms with Crippen molar-refractivity contribution in [3.05, 3.63) is 28.8 Å². The van der Waals surface area contributed by atoms with Crippen molar-refractivity contribution < 1.29 is 5.11 Å². The third-order valence-corrected chi connectivity index (χ3v) is 4.59. The number of hydrogen-bond acceptors (Lipinski definition) is 5. The van der Waals surface area contributed by atoms with Gasteiger partial charge in [0.15, 0.2) is 0 Å². The van der Waals surface area contributed by atoms with Crippen LogP contribution < -0.4 is 0 Å². The minimum Gasteiger partial charge on any atom is -0.392 e. The van der Waals surface area contributed by atoms with Crippen LogP contribution in [0, 0.1) is 19.3 Å². The van der Waals surface area contributed by atoms with E-state index in [1.165, 1.54) is 16.7 Å². The van der Waals surface area contributed by atoms with E-state index in [1.54, 1.807) is 0 Å². The summed E-state index contributed by atoms with van der Waals surface area (Å²) in [4.78, 5) is 2.36. The summed E-state index contributed by atoms with van der Waals surface area (Å²) in [5.74, 6) is 0.622. The molecule has 2 N–H and O–H groups in total. The molecule has 0 spiro atoms. The van der Waals surface area contributed by atoms with Crippen LogP contribution in [-0.4, -0.2) is 49.8 Å². The average molecular weight is 315 g/mol. The first kappa shape index (κ1) is 16.1. The number of rotatable bonds is 3. The van der Waals surface area contributed by atoms with E-state index in [1.807, 2.05) is 0 Å². The number of H-pyrrole nitrogens is 1. The van der Waals surface area contributed by atoms with E-state index in [0.717, 1.165) is 31.6 Å². The third kappa shape index (κ3) is 3.59. The minimum atomic E-state index is -0.238. The minimum absolute atomic E-state index is 0.157. The van der Waals surface area contributed by atoms with E-state index < -0.39 is 0 Å². The zero-order valence-corrected chi connectivity index (χ0v) is 14.3. The van der Waals surface area contributed by atoms with Gasteiger partial charge in [0, 0.05) is 25.2 Å². The van der Waals surface area contributed by atoms with Gasteiger partial charge in [0.1, 0.15) is 0 Å². The lowest BCUT2D eigenvalue weighted by Crippen LogP contribution is -2.46. The summed E-state index contributed by atoms with van der Waals surface area (Å²) < 4.78 is 0. The van der Waals surface area contributed by atoms with Crippen LogP contribution in [0.4, 0.5) is 0 Å². The van der Waals surface area contributed by atoms with Crippen LogP contribution in [0.1, 0.15) is 37.0 Å². The smallest absolute Gasteiger partial charge is 0.204 e. The lowest BCUT2D eigenvalue weighted by Gasteiger charge is -2.41. The number of tetrazole rings is 1. The zero-order chi connectivity index (χ0) is 16.6. The quantitative estimate of drug-likeness (QED) is 0.906. The lowest BCUT2D eigenvalue weighted by atomic mass is 9.82. The number of hydrogen-bond donors (Lipinski definition) is 2. The molecule has 23 heavy (non-hydrogen) atoms. The normalized spacial score (nSPS) is 21.5. The van der Waals surface area contributed by atoms with E-state index in [0.29, 0.717) is 5.82 Å². The van der Waals surface area contributed by atoms with E-state index in [-0.39, 0.29) is 11.5 Å². The highest BCUT2D eigenvalue weighted by Crippen LogP contribution is 2.31. The number of aromatic nitrogens is 4. The second-order valence-electron chi connectivity index (χ2n) is 7.52. The highest BCUT2D eigenvalue weighted by molar-refractivity contribution is 5.58. The molecule has 0 radical (unpaired) electrons. The fourth-order valence-electron chi connectivity index (χ4n) is 3.73. The van der Waals surface area contributed by atoms with Crippen molar-refractivity contribution in [2.45, 2.75) is 46.8 Å². The summed E-state index contributed by atoms with van der Waals surface area (Å²) in [5.41, 5.74) is 4.91. The highest BCUT2D eigenvalue weighted by atomic mass is 16.3. The maximum Gasteiger partial charge on any atom is 0.204 e. The highest BCUT2D eigenvalue weighted by Gasteiger charge is 2.31. The molecule has 1 unspecified atom stereocenters. The summed E-state index contributed by atoms with van der Waals surface area (Å²) in [6.07, 6.45) is 0.635. The number of β-amino-alcohol motifs (C(OH)–C–C–N with tert-alkyl or cyclic N) is 1. The topological polar surface area (TPSA) is 77.9 Å². The van der Waals surface area contributed by atoms with Crippen molar-refractivity contribution in [3.8, 4) is 11.4 Å². The van der Waals surface area contributed by atoms with Crippen LogP contribution in [-0.2, 0) is 6.54 Å². The molecule has 1 fully saturated rings. The Morgan fingerprint density at radius 2 is 2.00 bits per heavy atom. The molecule has 6 heteroatoms. The standard InChI is InChI=1S/C17H25N5O/c1-11-5-13(16-18-20-21-19-16)6-12(2)15(11)9-22-8-14(23)7-17(3,4)10-22/h5-6,14,23H,7-10H2,1-4H3,(H,18,19,20,21). The van der Waals surface area contributed by atoms with Gasteiger partial charge in [0.25, 0.3) is 0 Å². The molecule has 1 atom stereocenters. The van der Waals surface area contributed by atoms with Crippen LogP contribution in [0.25, 0.3) is 11.4 Å². The summed E-state index contributed by atoms with van der Waals surface area (Å²) >= 11 is 0. The number of nitrogens with one attached hydrogen (secondary N) is 1. The van der Waals surface area contributed by atoms with Crippen LogP contribution in [0.3, 0.4) is 0 Å². The maximum atomic E-state index is 10.1. The molecule has 0 aliphatic carbocycles. The molecule has 0 saturated carbocycles. The summed E-state index contributed by atoms with van der Waals surface area (Å²) in [6, 6.07) is 4.22. The fraction of sp³-hybridized carbons (Fsp3) is 0.588. The van der Waals surface area contributed by atoms with Gasteiger partial charge in [-0.1, -0.05) is 13.8 Å². The predicted octanol–water partition coefficient (Wildman–Crippen LogP) is 2.08. The molecule has 3 rings (SSSR count). The molecular formula is C17H25N5O. The average Bonchev–Trinajstić information content (AvgIpc) is 2.94. The molecule has 0 amide bonds. The van der Waals surface area contributed by atoms with Crippen LogP contribution in [0.15, 0.2) is 12.1 Å². The number of nitrogens with zero attached hydrogens (tertiary/aromatic N) is 4. The second kappa shape index (κ2) is 6.02. The van der Waals surface area contributed by atoms with Gasteiger partial charge in [0.2, 0.25) is 5.82 Å². The molecule has 1 aromatic carbocycles. The zero-order valence-electron chi connectivity index (χ0n) is 14.3. The SMILES string of the molecule is Cc1cc(-c2nn[nH]n2)cc(C)c1CN1CC(O)CC(C)(C)C1. The molecule has 1 aromatic heterocycles. The first-order valence-corrected chi connectivity index (χ1v) is 8.08. The number of aliphatic hydroxyl groups excluding tert-OH is 1. The summed E-state index contributed by atoms with van der Waals surface area (Å²) in [5, 5.41) is 24.4. The van der Waals surface area contributed by atoms with Crippen LogP contribution in [0.2, 0.25) is 0 Å². The number of benzene rings is 1. The van der Waals surface area contributed by atoms with Gasteiger partial charge in [-0.05, 0) is 59.7 Å². The van der Waals surface area contributed by atoms with Gasteiger partial charge in [-0.25, -0.2) is 0 Å². The molecule has 2 heterocycles. The van der Waals surface area contributed by atoms with Crippen molar-refractivity contribution in [2.24, 2.45) is 5.41 Å². The summed E-state index contributed by atoms with van der Waals surface area (Å²) in [6.45, 7) is 11.3. The Hall–Kier alpha value is -1.79. The molecule has 1 aliphatic heterocycles. The van der Waals surface area contributed by atoms with Crippen molar-refractivity contribution in [3.63, 3.8) is 0 Å². The number of aliphatic hydroxyl groups is 1. The second-order valence-corrected chi connectivity index (χ2v) is 7.52. The Bertz CT molecular complexity index is 657. The molecule has 2 aromatic rings. The van der Waals surface area contributed by atoms with Crippen molar-refractivity contribution in [1.29, 1.82) is 0 Å². The Morgan fingerprint density at radius 3 is 2.57 bits per heavy atom. The van der Waals surface area contributed by atoms with Crippen LogP contribution in [0.5, 0.6) is 0 Å². The van der Waals surface area contributed by atoms with Gasteiger partial charge < -0.3 is 5.11 Å². The molecule has 0 bridgehead atoms. The molecule has 1 aliphatic rings. The van der Waals surface area contributed by atoms with E-state index in [4.69, 9.17) is 0 Å². The number of aryl methyl sites for hydroxylation is 2. The van der Waals surface area contributed by atoms with E-state index in [9.17, 15) is 5.11 Å². The number of piperidine rings is 1. The third-order valence-electron chi connectivity index (χ3n) is 4.59.